The number of rotatable bonds is 4. The van der Waals surface area contributed by atoms with Gasteiger partial charge in [0, 0.05) is 5.69 Å². The molecule has 0 radical (unpaired) electrons. The lowest BCUT2D eigenvalue weighted by atomic mass is 10.2. The highest BCUT2D eigenvalue weighted by Gasteiger charge is 2.09. The summed E-state index contributed by atoms with van der Waals surface area (Å²) in [5.41, 5.74) is 1.33. The molecule has 1 N–H and O–H groups in total. The van der Waals surface area contributed by atoms with Crippen molar-refractivity contribution in [3.63, 3.8) is 0 Å². The number of carbonyl (C=O) groups is 2. The van der Waals surface area contributed by atoms with Gasteiger partial charge in [-0.2, -0.15) is 0 Å². The summed E-state index contributed by atoms with van der Waals surface area (Å²) in [6, 6.07) is 6.41. The van der Waals surface area contributed by atoms with Gasteiger partial charge in [0.2, 0.25) is 0 Å². The second-order valence-electron chi connectivity index (χ2n) is 3.67. The van der Waals surface area contributed by atoms with Gasteiger partial charge in [0.05, 0.1) is 23.9 Å². The SMILES string of the molecule is CCOC(=O)c1ccc(NC(=O)c2cnoc2)cc1. The molecular formula is C13H12N2O4. The molecule has 0 bridgehead atoms. The molecule has 0 aliphatic rings. The number of esters is 1. The maximum Gasteiger partial charge on any atom is 0.338 e. The zero-order chi connectivity index (χ0) is 13.7. The molecular weight excluding hydrogens is 248 g/mol. The standard InChI is InChI=1S/C13H12N2O4/c1-2-18-13(17)9-3-5-11(6-4-9)15-12(16)10-7-14-19-8-10/h3-8H,2H2,1H3,(H,15,16). The summed E-state index contributed by atoms with van der Waals surface area (Å²) >= 11 is 0. The normalized spacial score (nSPS) is 9.95. The Morgan fingerprint density at radius 1 is 1.26 bits per heavy atom. The number of ether oxygens (including phenoxy) is 1. The van der Waals surface area contributed by atoms with E-state index in [4.69, 9.17) is 4.74 Å². The van der Waals surface area contributed by atoms with E-state index in [9.17, 15) is 9.59 Å². The first-order valence-corrected chi connectivity index (χ1v) is 5.68. The molecule has 0 aliphatic heterocycles. The van der Waals surface area contributed by atoms with E-state index in [-0.39, 0.29) is 11.9 Å². The van der Waals surface area contributed by atoms with Crippen molar-refractivity contribution in [1.82, 2.24) is 5.16 Å². The number of aromatic nitrogens is 1. The second kappa shape index (κ2) is 5.81. The van der Waals surface area contributed by atoms with E-state index in [0.29, 0.717) is 23.4 Å². The molecule has 0 unspecified atom stereocenters. The third-order valence-corrected chi connectivity index (χ3v) is 2.35. The van der Waals surface area contributed by atoms with Crippen LogP contribution in [0.25, 0.3) is 0 Å². The molecule has 0 aliphatic carbocycles. The first-order chi connectivity index (χ1) is 9.20. The Balaban J connectivity index is 2.03. The van der Waals surface area contributed by atoms with Crippen molar-refractivity contribution in [1.29, 1.82) is 0 Å². The monoisotopic (exact) mass is 260 g/mol. The van der Waals surface area contributed by atoms with Crippen LogP contribution in [0.1, 0.15) is 27.6 Å². The molecule has 1 aromatic carbocycles. The number of nitrogens with zero attached hydrogens (tertiary/aromatic N) is 1. The van der Waals surface area contributed by atoms with Crippen LogP contribution in [0.2, 0.25) is 0 Å². The molecule has 0 fully saturated rings. The van der Waals surface area contributed by atoms with Crippen LogP contribution < -0.4 is 5.32 Å². The highest BCUT2D eigenvalue weighted by Crippen LogP contribution is 2.12. The van der Waals surface area contributed by atoms with Gasteiger partial charge in [-0.3, -0.25) is 4.79 Å². The predicted molar refractivity (Wildman–Crippen MR) is 66.9 cm³/mol. The first-order valence-electron chi connectivity index (χ1n) is 5.68. The number of nitrogens with one attached hydrogen (secondary N) is 1. The zero-order valence-corrected chi connectivity index (χ0v) is 10.3. The molecule has 1 amide bonds. The van der Waals surface area contributed by atoms with Gasteiger partial charge in [-0.15, -0.1) is 0 Å². The highest BCUT2D eigenvalue weighted by molar-refractivity contribution is 6.04. The number of amides is 1. The van der Waals surface area contributed by atoms with Crippen LogP contribution in [-0.4, -0.2) is 23.6 Å². The minimum absolute atomic E-state index is 0.324. The Labute approximate surface area is 109 Å². The lowest BCUT2D eigenvalue weighted by molar-refractivity contribution is 0.0526. The highest BCUT2D eigenvalue weighted by atomic mass is 16.5. The summed E-state index contributed by atoms with van der Waals surface area (Å²) in [6.45, 7) is 2.07. The van der Waals surface area contributed by atoms with Crippen LogP contribution >= 0.6 is 0 Å². The predicted octanol–water partition coefficient (Wildman–Crippen LogP) is 2.10. The third-order valence-electron chi connectivity index (χ3n) is 2.35. The molecule has 0 saturated carbocycles. The van der Waals surface area contributed by atoms with Crippen LogP contribution in [0.5, 0.6) is 0 Å². The van der Waals surface area contributed by atoms with Gasteiger partial charge in [-0.25, -0.2) is 4.79 Å². The molecule has 98 valence electrons. The fourth-order valence-corrected chi connectivity index (χ4v) is 1.42. The summed E-state index contributed by atoms with van der Waals surface area (Å²) in [7, 11) is 0. The van der Waals surface area contributed by atoms with Gasteiger partial charge >= 0.3 is 5.97 Å². The maximum absolute atomic E-state index is 11.7. The molecule has 0 saturated heterocycles. The fraction of sp³-hybridized carbons (Fsp3) is 0.154. The molecule has 2 aromatic rings. The number of carbonyl (C=O) groups excluding carboxylic acids is 2. The summed E-state index contributed by atoms with van der Waals surface area (Å²) in [6.07, 6.45) is 2.57. The molecule has 2 rings (SSSR count). The lowest BCUT2D eigenvalue weighted by Gasteiger charge is -2.05. The van der Waals surface area contributed by atoms with Crippen molar-refractivity contribution in [3.05, 3.63) is 47.9 Å². The van der Waals surface area contributed by atoms with Crippen molar-refractivity contribution >= 4 is 17.6 Å². The molecule has 1 aromatic heterocycles. The van der Waals surface area contributed by atoms with Crippen LogP contribution in [0, 0.1) is 0 Å². The largest absolute Gasteiger partial charge is 0.462 e. The summed E-state index contributed by atoms with van der Waals surface area (Å²) in [4.78, 5) is 23.1. The fourth-order valence-electron chi connectivity index (χ4n) is 1.42. The molecule has 0 atom stereocenters. The van der Waals surface area contributed by atoms with Crippen LogP contribution in [-0.2, 0) is 4.74 Å². The summed E-state index contributed by atoms with van der Waals surface area (Å²) in [5, 5.41) is 6.10. The molecule has 6 heteroatoms. The Morgan fingerprint density at radius 2 is 2.00 bits per heavy atom. The first kappa shape index (κ1) is 12.8. The number of anilines is 1. The maximum atomic E-state index is 11.7. The van der Waals surface area contributed by atoms with E-state index in [0.717, 1.165) is 0 Å². The average Bonchev–Trinajstić information content (AvgIpc) is 2.94. The van der Waals surface area contributed by atoms with E-state index < -0.39 is 0 Å². The van der Waals surface area contributed by atoms with Gasteiger partial charge in [-0.05, 0) is 31.2 Å². The lowest BCUT2D eigenvalue weighted by Crippen LogP contribution is -2.11. The van der Waals surface area contributed by atoms with Gasteiger partial charge in [0.1, 0.15) is 6.26 Å². The van der Waals surface area contributed by atoms with E-state index in [1.54, 1.807) is 31.2 Å². The van der Waals surface area contributed by atoms with E-state index in [1.807, 2.05) is 0 Å². The number of hydrogen-bond donors (Lipinski definition) is 1. The Morgan fingerprint density at radius 3 is 2.58 bits per heavy atom. The molecule has 19 heavy (non-hydrogen) atoms. The van der Waals surface area contributed by atoms with Crippen molar-refractivity contribution in [3.8, 4) is 0 Å². The second-order valence-corrected chi connectivity index (χ2v) is 3.67. The molecule has 6 nitrogen and oxygen atoms in total. The van der Waals surface area contributed by atoms with Crippen LogP contribution in [0.4, 0.5) is 5.69 Å². The third kappa shape index (κ3) is 3.19. The summed E-state index contributed by atoms with van der Waals surface area (Å²) in [5.74, 6) is -0.718. The topological polar surface area (TPSA) is 81.4 Å². The Hall–Kier alpha value is -2.63. The van der Waals surface area contributed by atoms with Crippen molar-refractivity contribution in [2.24, 2.45) is 0 Å². The van der Waals surface area contributed by atoms with Crippen molar-refractivity contribution in [2.75, 3.05) is 11.9 Å². The average molecular weight is 260 g/mol. The number of benzene rings is 1. The van der Waals surface area contributed by atoms with E-state index >= 15 is 0 Å². The van der Waals surface area contributed by atoms with E-state index in [1.165, 1.54) is 12.5 Å². The Bertz CT molecular complexity index is 561. The minimum atomic E-state index is -0.389. The van der Waals surface area contributed by atoms with Crippen LogP contribution in [0.3, 0.4) is 0 Å². The van der Waals surface area contributed by atoms with Crippen molar-refractivity contribution < 1.29 is 18.8 Å². The quantitative estimate of drug-likeness (QED) is 0.851. The minimum Gasteiger partial charge on any atom is -0.462 e. The molecule has 1 heterocycles. The zero-order valence-electron chi connectivity index (χ0n) is 10.3. The van der Waals surface area contributed by atoms with Gasteiger partial charge in [0.25, 0.3) is 5.91 Å². The summed E-state index contributed by atoms with van der Waals surface area (Å²) < 4.78 is 9.44. The molecule has 0 spiro atoms. The van der Waals surface area contributed by atoms with Crippen LogP contribution in [0.15, 0.2) is 41.2 Å². The van der Waals surface area contributed by atoms with Gasteiger partial charge in [0.15, 0.2) is 0 Å². The van der Waals surface area contributed by atoms with Crippen molar-refractivity contribution in [2.45, 2.75) is 6.92 Å². The van der Waals surface area contributed by atoms with Gasteiger partial charge in [-0.1, -0.05) is 5.16 Å². The van der Waals surface area contributed by atoms with Gasteiger partial charge < -0.3 is 14.6 Å². The Kier molecular flexibility index (Phi) is 3.92. The smallest absolute Gasteiger partial charge is 0.338 e. The number of hydrogen-bond acceptors (Lipinski definition) is 5. The van der Waals surface area contributed by atoms with E-state index in [2.05, 4.69) is 15.0 Å².